The zero-order valence-corrected chi connectivity index (χ0v) is 10.4. The zero-order chi connectivity index (χ0) is 15.7. The molecule has 0 aromatic heterocycles. The molecule has 6 heteroatoms. The fourth-order valence-electron chi connectivity index (χ4n) is 1.96. The predicted molar refractivity (Wildman–Crippen MR) is 63.4 cm³/mol. The average molecular weight is 302 g/mol. The van der Waals surface area contributed by atoms with Gasteiger partial charge in [-0.1, -0.05) is 48.5 Å². The summed E-state index contributed by atoms with van der Waals surface area (Å²) in [5.41, 5.74) is -5.63. The number of hydrogen-bond donors (Lipinski definition) is 0. The summed E-state index contributed by atoms with van der Waals surface area (Å²) in [6.45, 7) is 0. The Morgan fingerprint density at radius 3 is 1.24 bits per heavy atom. The third-order valence-electron chi connectivity index (χ3n) is 3.02. The molecule has 0 aliphatic heterocycles. The van der Waals surface area contributed by atoms with Gasteiger partial charge in [-0.2, -0.15) is 22.0 Å². The van der Waals surface area contributed by atoms with Crippen molar-refractivity contribution in [2.24, 2.45) is 0 Å². The lowest BCUT2D eigenvalue weighted by molar-refractivity contribution is -0.323. The van der Waals surface area contributed by atoms with E-state index < -0.39 is 28.9 Å². The second-order valence-electron chi connectivity index (χ2n) is 4.31. The molecule has 21 heavy (non-hydrogen) atoms. The van der Waals surface area contributed by atoms with Gasteiger partial charge in [-0.15, -0.1) is 0 Å². The molecule has 0 aliphatic rings. The zero-order valence-electron chi connectivity index (χ0n) is 10.4. The van der Waals surface area contributed by atoms with Gasteiger partial charge < -0.3 is 0 Å². The van der Waals surface area contributed by atoms with Crippen molar-refractivity contribution in [2.75, 3.05) is 0 Å². The highest BCUT2D eigenvalue weighted by Crippen LogP contribution is 2.54. The molecule has 110 valence electrons. The Morgan fingerprint density at radius 2 is 0.952 bits per heavy atom. The Bertz CT molecular complexity index is 549. The molecule has 0 N–H and O–H groups in total. The highest BCUT2D eigenvalue weighted by molar-refractivity contribution is 5.39. The maximum atomic E-state index is 15.0. The quantitative estimate of drug-likeness (QED) is 0.721. The van der Waals surface area contributed by atoms with Crippen LogP contribution in [0.15, 0.2) is 48.5 Å². The van der Waals surface area contributed by atoms with Crippen molar-refractivity contribution in [3.05, 3.63) is 71.8 Å². The maximum absolute atomic E-state index is 15.0. The van der Waals surface area contributed by atoms with E-state index in [-0.39, 0.29) is 0 Å². The third kappa shape index (κ3) is 2.39. The summed E-state index contributed by atoms with van der Waals surface area (Å²) in [6, 6.07) is 12.6. The summed E-state index contributed by atoms with van der Waals surface area (Å²) >= 11 is 0. The van der Waals surface area contributed by atoms with Gasteiger partial charge >= 0.3 is 12.1 Å². The molecule has 0 nitrogen and oxygen atoms in total. The fraction of sp³-hybridized carbons (Fsp3) is 0.200. The number of halogens is 6. The van der Waals surface area contributed by atoms with Crippen LogP contribution in [0.5, 0.6) is 0 Å². The molecule has 2 aromatic carbocycles. The van der Waals surface area contributed by atoms with Crippen LogP contribution in [-0.4, -0.2) is 12.1 Å². The molecule has 2 rings (SSSR count). The van der Waals surface area contributed by atoms with Gasteiger partial charge in [0.25, 0.3) is 0 Å². The van der Waals surface area contributed by atoms with Crippen LogP contribution in [-0.2, 0) is 5.67 Å². The lowest BCUT2D eigenvalue weighted by Gasteiger charge is -2.35. The van der Waals surface area contributed by atoms with Crippen LogP contribution in [0.1, 0.15) is 11.1 Å². The third-order valence-corrected chi connectivity index (χ3v) is 3.02. The summed E-state index contributed by atoms with van der Waals surface area (Å²) in [7, 11) is 0. The van der Waals surface area contributed by atoms with Crippen molar-refractivity contribution in [2.45, 2.75) is 17.8 Å². The molecule has 0 spiro atoms. The Kier molecular flexibility index (Phi) is 3.74. The standard InChI is InChI=1S/C15H8F6/c16-13(11-7-3-1-4-8-11,12-9-5-2-6-10-12)14(17,18)15(19,20)21/h3-10H. The summed E-state index contributed by atoms with van der Waals surface area (Å²) in [4.78, 5) is 0. The number of hydrogen-bond acceptors (Lipinski definition) is 0. The van der Waals surface area contributed by atoms with Crippen molar-refractivity contribution in [1.29, 1.82) is 0 Å². The van der Waals surface area contributed by atoms with Gasteiger partial charge in [0, 0.05) is 11.1 Å². The average Bonchev–Trinajstić information content (AvgIpc) is 2.47. The fourth-order valence-corrected chi connectivity index (χ4v) is 1.96. The highest BCUT2D eigenvalue weighted by atomic mass is 19.4. The number of benzene rings is 2. The molecule has 0 atom stereocenters. The minimum absolute atomic E-state index is 0.797. The van der Waals surface area contributed by atoms with Crippen LogP contribution in [0.2, 0.25) is 0 Å². The van der Waals surface area contributed by atoms with Gasteiger partial charge in [0.05, 0.1) is 0 Å². The number of rotatable bonds is 3. The van der Waals surface area contributed by atoms with Crippen LogP contribution in [0.3, 0.4) is 0 Å². The van der Waals surface area contributed by atoms with E-state index in [1.165, 1.54) is 0 Å². The molecular weight excluding hydrogens is 294 g/mol. The molecule has 0 saturated heterocycles. The lowest BCUT2D eigenvalue weighted by Crippen LogP contribution is -2.53. The van der Waals surface area contributed by atoms with E-state index in [0.717, 1.165) is 48.5 Å². The lowest BCUT2D eigenvalue weighted by atomic mass is 9.82. The van der Waals surface area contributed by atoms with E-state index in [4.69, 9.17) is 0 Å². The van der Waals surface area contributed by atoms with E-state index in [0.29, 0.717) is 0 Å². The van der Waals surface area contributed by atoms with Crippen LogP contribution < -0.4 is 0 Å². The maximum Gasteiger partial charge on any atom is 0.457 e. The van der Waals surface area contributed by atoms with Crippen LogP contribution in [0.4, 0.5) is 26.3 Å². The predicted octanol–water partition coefficient (Wildman–Crippen LogP) is 4.70. The van der Waals surface area contributed by atoms with Crippen molar-refractivity contribution in [3.8, 4) is 0 Å². The van der Waals surface area contributed by atoms with E-state index in [2.05, 4.69) is 12.1 Å². The molecule has 2 aromatic rings. The van der Waals surface area contributed by atoms with E-state index >= 15 is 4.39 Å². The highest BCUT2D eigenvalue weighted by Gasteiger charge is 2.72. The van der Waals surface area contributed by atoms with Crippen molar-refractivity contribution < 1.29 is 26.3 Å². The van der Waals surface area contributed by atoms with Crippen LogP contribution in [0, 0.1) is 12.1 Å². The molecule has 0 bridgehead atoms. The molecule has 2 radical (unpaired) electrons. The van der Waals surface area contributed by atoms with Gasteiger partial charge in [0.2, 0.25) is 5.67 Å². The topological polar surface area (TPSA) is 0 Å². The van der Waals surface area contributed by atoms with Crippen LogP contribution in [0.25, 0.3) is 0 Å². The van der Waals surface area contributed by atoms with Crippen molar-refractivity contribution >= 4 is 0 Å². The first-order valence-electron chi connectivity index (χ1n) is 5.78. The Balaban J connectivity index is 2.73. The van der Waals surface area contributed by atoms with Gasteiger partial charge in [0.15, 0.2) is 0 Å². The first-order valence-corrected chi connectivity index (χ1v) is 5.78. The summed E-state index contributed by atoms with van der Waals surface area (Å²) < 4.78 is 80.8. The normalized spacial score (nSPS) is 13.2. The molecule has 0 heterocycles. The molecule has 0 unspecified atom stereocenters. The Labute approximate surface area is 117 Å². The summed E-state index contributed by atoms with van der Waals surface area (Å²) in [6.07, 6.45) is -6.04. The SMILES string of the molecule is FC(F)(F)C(F)(F)C(F)(c1cc[c]cc1)c1cc[c]cc1. The molecule has 0 saturated carbocycles. The molecule has 0 fully saturated rings. The Hall–Kier alpha value is -1.98. The van der Waals surface area contributed by atoms with Gasteiger partial charge in [-0.3, -0.25) is 0 Å². The van der Waals surface area contributed by atoms with Crippen molar-refractivity contribution in [3.63, 3.8) is 0 Å². The van der Waals surface area contributed by atoms with Gasteiger partial charge in [0.1, 0.15) is 0 Å². The van der Waals surface area contributed by atoms with E-state index in [1.807, 2.05) is 0 Å². The second-order valence-corrected chi connectivity index (χ2v) is 4.31. The van der Waals surface area contributed by atoms with Crippen LogP contribution >= 0.6 is 0 Å². The minimum Gasteiger partial charge on any atom is -0.226 e. The smallest absolute Gasteiger partial charge is 0.226 e. The van der Waals surface area contributed by atoms with Gasteiger partial charge in [-0.25, -0.2) is 4.39 Å². The largest absolute Gasteiger partial charge is 0.457 e. The molecule has 0 aliphatic carbocycles. The monoisotopic (exact) mass is 302 g/mol. The Morgan fingerprint density at radius 1 is 0.619 bits per heavy atom. The minimum atomic E-state index is -6.04. The van der Waals surface area contributed by atoms with Crippen molar-refractivity contribution in [1.82, 2.24) is 0 Å². The van der Waals surface area contributed by atoms with Gasteiger partial charge in [-0.05, 0) is 12.1 Å². The van der Waals surface area contributed by atoms with E-state index in [9.17, 15) is 22.0 Å². The second kappa shape index (κ2) is 5.09. The molecule has 0 amide bonds. The van der Waals surface area contributed by atoms with E-state index in [1.54, 1.807) is 0 Å². The summed E-state index contributed by atoms with van der Waals surface area (Å²) in [5, 5.41) is 0. The summed E-state index contributed by atoms with van der Waals surface area (Å²) in [5.74, 6) is -5.59. The number of alkyl halides is 6. The first-order chi connectivity index (χ1) is 9.71. The molecular formula is C15H8F6. The first kappa shape index (κ1) is 15.4.